The number of hydrogen-bond donors (Lipinski definition) is 1. The first kappa shape index (κ1) is 16.2. The van der Waals surface area contributed by atoms with Crippen molar-refractivity contribution < 1.29 is 13.5 Å². The largest absolute Gasteiger partial charge is 0.435 e. The summed E-state index contributed by atoms with van der Waals surface area (Å²) in [5, 5.41) is 0. The molecule has 118 valence electrons. The number of likely N-dealkylation sites (tertiary alicyclic amines) is 1. The Morgan fingerprint density at radius 2 is 1.95 bits per heavy atom. The molecule has 1 heterocycles. The number of alkyl halides is 2. The summed E-state index contributed by atoms with van der Waals surface area (Å²) >= 11 is 0. The van der Waals surface area contributed by atoms with Gasteiger partial charge in [-0.15, -0.1) is 0 Å². The topological polar surface area (TPSA) is 38.5 Å². The van der Waals surface area contributed by atoms with Crippen LogP contribution in [0.1, 0.15) is 38.3 Å². The van der Waals surface area contributed by atoms with E-state index in [0.717, 1.165) is 12.1 Å². The van der Waals surface area contributed by atoms with Crippen LogP contribution < -0.4 is 10.5 Å². The van der Waals surface area contributed by atoms with Crippen molar-refractivity contribution in [2.24, 2.45) is 11.7 Å². The number of nitrogens with zero attached hydrogens (tertiary/aromatic N) is 1. The summed E-state index contributed by atoms with van der Waals surface area (Å²) < 4.78 is 28.8. The van der Waals surface area contributed by atoms with Gasteiger partial charge in [0.1, 0.15) is 5.75 Å². The second-order valence-electron chi connectivity index (χ2n) is 5.89. The van der Waals surface area contributed by atoms with E-state index in [-0.39, 0.29) is 11.8 Å². The lowest BCUT2D eigenvalue weighted by atomic mass is 9.98. The minimum atomic E-state index is -2.79. The molecule has 1 fully saturated rings. The molecular formula is C16H24F2N2O. The lowest BCUT2D eigenvalue weighted by molar-refractivity contribution is -0.0498. The van der Waals surface area contributed by atoms with Crippen LogP contribution in [0.15, 0.2) is 24.3 Å². The van der Waals surface area contributed by atoms with Gasteiger partial charge in [0, 0.05) is 18.6 Å². The molecule has 1 aromatic rings. The second kappa shape index (κ2) is 7.18. The molecule has 0 aliphatic carbocycles. The van der Waals surface area contributed by atoms with Crippen molar-refractivity contribution in [3.63, 3.8) is 0 Å². The summed E-state index contributed by atoms with van der Waals surface area (Å²) in [6.45, 7) is 3.25. The molecule has 3 nitrogen and oxygen atoms in total. The molecule has 1 aliphatic heterocycles. The molecule has 5 heteroatoms. The third kappa shape index (κ3) is 3.92. The Bertz CT molecular complexity index is 436. The van der Waals surface area contributed by atoms with Gasteiger partial charge in [0.15, 0.2) is 0 Å². The minimum absolute atomic E-state index is 0.139. The second-order valence-corrected chi connectivity index (χ2v) is 5.89. The van der Waals surface area contributed by atoms with Crippen molar-refractivity contribution in [3.8, 4) is 5.75 Å². The zero-order valence-electron chi connectivity index (χ0n) is 12.6. The van der Waals surface area contributed by atoms with Gasteiger partial charge in [0.25, 0.3) is 0 Å². The number of hydrogen-bond acceptors (Lipinski definition) is 3. The third-order valence-electron chi connectivity index (χ3n) is 4.23. The Hall–Kier alpha value is -1.20. The smallest absolute Gasteiger partial charge is 0.387 e. The molecule has 2 N–H and O–H groups in total. The summed E-state index contributed by atoms with van der Waals surface area (Å²) in [5.41, 5.74) is 7.03. The van der Waals surface area contributed by atoms with Crippen molar-refractivity contribution in [2.45, 2.75) is 45.4 Å². The minimum Gasteiger partial charge on any atom is -0.435 e. The van der Waals surface area contributed by atoms with Gasteiger partial charge in [-0.3, -0.25) is 4.90 Å². The van der Waals surface area contributed by atoms with Gasteiger partial charge in [0.05, 0.1) is 0 Å². The monoisotopic (exact) mass is 298 g/mol. The van der Waals surface area contributed by atoms with Gasteiger partial charge in [0.2, 0.25) is 0 Å². The summed E-state index contributed by atoms with van der Waals surface area (Å²) in [6, 6.07) is 7.53. The Kier molecular flexibility index (Phi) is 5.53. The van der Waals surface area contributed by atoms with E-state index in [1.807, 2.05) is 12.1 Å². The number of rotatable bonds is 6. The van der Waals surface area contributed by atoms with E-state index in [1.165, 1.54) is 12.8 Å². The van der Waals surface area contributed by atoms with Gasteiger partial charge in [-0.2, -0.15) is 8.78 Å². The highest BCUT2D eigenvalue weighted by molar-refractivity contribution is 5.29. The van der Waals surface area contributed by atoms with Crippen molar-refractivity contribution in [1.82, 2.24) is 4.90 Å². The normalized spacial score (nSPS) is 21.2. The van der Waals surface area contributed by atoms with Crippen molar-refractivity contribution >= 4 is 0 Å². The Labute approximate surface area is 125 Å². The number of benzene rings is 1. The van der Waals surface area contributed by atoms with Crippen molar-refractivity contribution in [3.05, 3.63) is 29.8 Å². The van der Waals surface area contributed by atoms with Crippen LogP contribution >= 0.6 is 0 Å². The Morgan fingerprint density at radius 3 is 2.48 bits per heavy atom. The maximum Gasteiger partial charge on any atom is 0.387 e. The van der Waals surface area contributed by atoms with E-state index in [1.54, 1.807) is 12.1 Å². The molecule has 0 aromatic heterocycles. The molecule has 1 aromatic carbocycles. The Morgan fingerprint density at radius 1 is 1.29 bits per heavy atom. The number of ether oxygens (including phenoxy) is 1. The quantitative estimate of drug-likeness (QED) is 0.874. The van der Waals surface area contributed by atoms with Crippen LogP contribution in [0.25, 0.3) is 0 Å². The lowest BCUT2D eigenvalue weighted by Crippen LogP contribution is -2.39. The Balaban J connectivity index is 2.13. The highest BCUT2D eigenvalue weighted by Crippen LogP contribution is 2.33. The SMILES string of the molecule is CC(C)C1CCCN1C(CN)c1ccc(OC(F)F)cc1. The first-order valence-electron chi connectivity index (χ1n) is 7.53. The molecule has 0 spiro atoms. The first-order chi connectivity index (χ1) is 10.0. The van der Waals surface area contributed by atoms with E-state index >= 15 is 0 Å². The van der Waals surface area contributed by atoms with E-state index in [2.05, 4.69) is 23.5 Å². The van der Waals surface area contributed by atoms with Gasteiger partial charge < -0.3 is 10.5 Å². The molecule has 0 saturated carbocycles. The van der Waals surface area contributed by atoms with Gasteiger partial charge in [-0.1, -0.05) is 26.0 Å². The fourth-order valence-electron chi connectivity index (χ4n) is 3.25. The van der Waals surface area contributed by atoms with Gasteiger partial charge in [-0.25, -0.2) is 0 Å². The molecule has 0 amide bonds. The number of nitrogens with two attached hydrogens (primary N) is 1. The molecule has 0 radical (unpaired) electrons. The van der Waals surface area contributed by atoms with E-state index in [0.29, 0.717) is 18.5 Å². The maximum absolute atomic E-state index is 12.2. The highest BCUT2D eigenvalue weighted by Gasteiger charge is 2.32. The van der Waals surface area contributed by atoms with Crippen LogP contribution in [0, 0.1) is 5.92 Å². The average molecular weight is 298 g/mol. The number of halogens is 2. The van der Waals surface area contributed by atoms with Gasteiger partial charge in [-0.05, 0) is 43.0 Å². The summed E-state index contributed by atoms with van der Waals surface area (Å²) in [4.78, 5) is 2.45. The standard InChI is InChI=1S/C16H24F2N2O/c1-11(2)14-4-3-9-20(14)15(10-19)12-5-7-13(8-6-12)21-16(17)18/h5-8,11,14-16H,3-4,9-10,19H2,1-2H3. The van der Waals surface area contributed by atoms with Crippen LogP contribution in [-0.4, -0.2) is 30.6 Å². The molecular weight excluding hydrogens is 274 g/mol. The van der Waals surface area contributed by atoms with Crippen LogP contribution in [0.2, 0.25) is 0 Å². The predicted octanol–water partition coefficient (Wildman–Crippen LogP) is 3.41. The van der Waals surface area contributed by atoms with Crippen molar-refractivity contribution in [1.29, 1.82) is 0 Å². The van der Waals surface area contributed by atoms with E-state index < -0.39 is 6.61 Å². The molecule has 2 unspecified atom stereocenters. The van der Waals surface area contributed by atoms with E-state index in [4.69, 9.17) is 5.73 Å². The van der Waals surface area contributed by atoms with E-state index in [9.17, 15) is 8.78 Å². The zero-order valence-corrected chi connectivity index (χ0v) is 12.6. The molecule has 2 rings (SSSR count). The third-order valence-corrected chi connectivity index (χ3v) is 4.23. The maximum atomic E-state index is 12.2. The molecule has 2 atom stereocenters. The van der Waals surface area contributed by atoms with Gasteiger partial charge >= 0.3 is 6.61 Å². The summed E-state index contributed by atoms with van der Waals surface area (Å²) in [7, 11) is 0. The fraction of sp³-hybridized carbons (Fsp3) is 0.625. The fourth-order valence-corrected chi connectivity index (χ4v) is 3.25. The summed E-state index contributed by atoms with van der Waals surface area (Å²) in [6.07, 6.45) is 2.38. The van der Waals surface area contributed by atoms with Crippen LogP contribution in [-0.2, 0) is 0 Å². The first-order valence-corrected chi connectivity index (χ1v) is 7.53. The van der Waals surface area contributed by atoms with Crippen molar-refractivity contribution in [2.75, 3.05) is 13.1 Å². The molecule has 21 heavy (non-hydrogen) atoms. The van der Waals surface area contributed by atoms with Crippen LogP contribution in [0.5, 0.6) is 5.75 Å². The zero-order chi connectivity index (χ0) is 15.4. The highest BCUT2D eigenvalue weighted by atomic mass is 19.3. The molecule has 0 bridgehead atoms. The molecule has 1 saturated heterocycles. The summed E-state index contributed by atoms with van der Waals surface area (Å²) in [5.74, 6) is 0.773. The molecule has 1 aliphatic rings. The van der Waals surface area contributed by atoms with Crippen LogP contribution in [0.3, 0.4) is 0 Å². The predicted molar refractivity (Wildman–Crippen MR) is 79.4 cm³/mol. The average Bonchev–Trinajstić information content (AvgIpc) is 2.90. The van der Waals surface area contributed by atoms with Crippen LogP contribution in [0.4, 0.5) is 8.78 Å². The lowest BCUT2D eigenvalue weighted by Gasteiger charge is -2.34.